The number of nitro groups is 1. The number of nitro benzene ring substituents is 1. The summed E-state index contributed by atoms with van der Waals surface area (Å²) in [4.78, 5) is 37.2. The highest BCUT2D eigenvalue weighted by Gasteiger charge is 2.34. The molecule has 1 aliphatic rings. The fraction of sp³-hybridized carbons (Fsp3) is 0.200. The number of rotatable bonds is 5. The number of para-hydroxylation sites is 1. The highest BCUT2D eigenvalue weighted by Crippen LogP contribution is 2.35. The molecule has 2 aromatic carbocycles. The van der Waals surface area contributed by atoms with E-state index < -0.39 is 10.8 Å². The van der Waals surface area contributed by atoms with Crippen molar-refractivity contribution in [1.29, 1.82) is 0 Å². The number of anilines is 2. The molecule has 0 bridgehead atoms. The standard InChI is InChI=1S/C20H16ClN5O4S/c1-11-6-7-13(9-15(11)21)25-10-12(8-17(25)27)19-23-24-20(31-19)22-18(28)14-4-2-3-5-16(14)26(29)30/h2-7,9,12H,8,10H2,1H3,(H,22,24,28). The SMILES string of the molecule is Cc1ccc(N2CC(c3nnc(NC(=O)c4ccccc4[N+](=O)[O-])s3)CC2=O)cc1Cl. The topological polar surface area (TPSA) is 118 Å². The van der Waals surface area contributed by atoms with Crippen LogP contribution in [-0.4, -0.2) is 33.5 Å². The zero-order valence-corrected chi connectivity index (χ0v) is 17.8. The summed E-state index contributed by atoms with van der Waals surface area (Å²) in [7, 11) is 0. The second-order valence-electron chi connectivity index (χ2n) is 7.01. The molecule has 1 fully saturated rings. The third-order valence-electron chi connectivity index (χ3n) is 4.95. The van der Waals surface area contributed by atoms with Gasteiger partial charge in [0.25, 0.3) is 11.6 Å². The van der Waals surface area contributed by atoms with Gasteiger partial charge in [0.2, 0.25) is 11.0 Å². The fourth-order valence-corrected chi connectivity index (χ4v) is 4.32. The van der Waals surface area contributed by atoms with Gasteiger partial charge >= 0.3 is 0 Å². The van der Waals surface area contributed by atoms with Crippen LogP contribution in [0.25, 0.3) is 0 Å². The van der Waals surface area contributed by atoms with Gasteiger partial charge in [-0.3, -0.25) is 25.0 Å². The van der Waals surface area contributed by atoms with Gasteiger partial charge in [0.15, 0.2) is 0 Å². The van der Waals surface area contributed by atoms with Crippen molar-refractivity contribution in [2.45, 2.75) is 19.3 Å². The van der Waals surface area contributed by atoms with Crippen molar-refractivity contribution >= 4 is 51.3 Å². The third kappa shape index (κ3) is 4.25. The predicted octanol–water partition coefficient (Wildman–Crippen LogP) is 4.18. The van der Waals surface area contributed by atoms with Crippen LogP contribution in [0.2, 0.25) is 5.02 Å². The van der Waals surface area contributed by atoms with Crippen LogP contribution in [0.15, 0.2) is 42.5 Å². The van der Waals surface area contributed by atoms with Gasteiger partial charge in [-0.1, -0.05) is 41.1 Å². The van der Waals surface area contributed by atoms with Crippen LogP contribution < -0.4 is 10.2 Å². The lowest BCUT2D eigenvalue weighted by atomic mass is 10.1. The summed E-state index contributed by atoms with van der Waals surface area (Å²) in [6, 6.07) is 11.1. The van der Waals surface area contributed by atoms with Crippen LogP contribution in [0.3, 0.4) is 0 Å². The number of hydrogen-bond donors (Lipinski definition) is 1. The molecule has 0 radical (unpaired) electrons. The van der Waals surface area contributed by atoms with Crippen molar-refractivity contribution in [2.75, 3.05) is 16.8 Å². The molecule has 0 aliphatic carbocycles. The lowest BCUT2D eigenvalue weighted by Crippen LogP contribution is -2.24. The van der Waals surface area contributed by atoms with Crippen molar-refractivity contribution < 1.29 is 14.5 Å². The number of aryl methyl sites for hydroxylation is 1. The number of carbonyl (C=O) groups is 2. The molecule has 1 saturated heterocycles. The molecule has 0 saturated carbocycles. The van der Waals surface area contributed by atoms with Crippen LogP contribution in [0.5, 0.6) is 0 Å². The molecule has 11 heteroatoms. The van der Waals surface area contributed by atoms with Crippen LogP contribution in [0, 0.1) is 17.0 Å². The van der Waals surface area contributed by atoms with E-state index in [1.165, 1.54) is 18.2 Å². The highest BCUT2D eigenvalue weighted by molar-refractivity contribution is 7.15. The van der Waals surface area contributed by atoms with E-state index in [1.54, 1.807) is 17.0 Å². The summed E-state index contributed by atoms with van der Waals surface area (Å²) in [6.07, 6.45) is 0.262. The smallest absolute Gasteiger partial charge is 0.282 e. The minimum atomic E-state index is -0.645. The Kier molecular flexibility index (Phi) is 5.66. The fourth-order valence-electron chi connectivity index (χ4n) is 3.31. The van der Waals surface area contributed by atoms with E-state index in [4.69, 9.17) is 11.6 Å². The number of benzene rings is 2. The van der Waals surface area contributed by atoms with Crippen molar-refractivity contribution in [3.05, 3.63) is 73.7 Å². The third-order valence-corrected chi connectivity index (χ3v) is 6.36. The van der Waals surface area contributed by atoms with E-state index in [2.05, 4.69) is 15.5 Å². The summed E-state index contributed by atoms with van der Waals surface area (Å²) in [5.74, 6) is -0.874. The number of amides is 2. The molecule has 1 atom stereocenters. The average Bonchev–Trinajstić information content (AvgIpc) is 3.36. The zero-order chi connectivity index (χ0) is 22.1. The quantitative estimate of drug-likeness (QED) is 0.453. The number of carbonyl (C=O) groups excluding carboxylic acids is 2. The van der Waals surface area contributed by atoms with Crippen LogP contribution in [0.4, 0.5) is 16.5 Å². The van der Waals surface area contributed by atoms with E-state index in [1.807, 2.05) is 19.1 Å². The first-order valence-corrected chi connectivity index (χ1v) is 10.5. The van der Waals surface area contributed by atoms with Crippen LogP contribution in [-0.2, 0) is 4.79 Å². The number of hydrogen-bond acceptors (Lipinski definition) is 7. The first-order valence-electron chi connectivity index (χ1n) is 9.28. The average molecular weight is 458 g/mol. The molecule has 3 aromatic rings. The van der Waals surface area contributed by atoms with Crippen LogP contribution >= 0.6 is 22.9 Å². The second kappa shape index (κ2) is 8.40. The molecule has 2 heterocycles. The van der Waals surface area contributed by atoms with E-state index in [-0.39, 0.29) is 34.6 Å². The Balaban J connectivity index is 1.48. The largest absolute Gasteiger partial charge is 0.312 e. The zero-order valence-electron chi connectivity index (χ0n) is 16.2. The minimum absolute atomic E-state index is 0.0504. The summed E-state index contributed by atoms with van der Waals surface area (Å²) >= 11 is 7.33. The molecular weight excluding hydrogens is 442 g/mol. The van der Waals surface area contributed by atoms with E-state index in [9.17, 15) is 19.7 Å². The molecule has 1 aliphatic heterocycles. The summed E-state index contributed by atoms with van der Waals surface area (Å²) < 4.78 is 0. The van der Waals surface area contributed by atoms with Crippen molar-refractivity contribution in [3.63, 3.8) is 0 Å². The molecule has 9 nitrogen and oxygen atoms in total. The lowest BCUT2D eigenvalue weighted by molar-refractivity contribution is -0.385. The molecular formula is C20H16ClN5O4S. The van der Waals surface area contributed by atoms with E-state index in [0.717, 1.165) is 22.6 Å². The Morgan fingerprint density at radius 2 is 2.06 bits per heavy atom. The van der Waals surface area contributed by atoms with Crippen molar-refractivity contribution in [2.24, 2.45) is 0 Å². The van der Waals surface area contributed by atoms with Crippen molar-refractivity contribution in [3.8, 4) is 0 Å². The molecule has 1 aromatic heterocycles. The first-order chi connectivity index (χ1) is 14.8. The summed E-state index contributed by atoms with van der Waals surface area (Å²) in [6.45, 7) is 2.31. The Hall–Kier alpha value is -3.37. The van der Waals surface area contributed by atoms with E-state index in [0.29, 0.717) is 16.6 Å². The molecule has 1 N–H and O–H groups in total. The molecule has 0 spiro atoms. The minimum Gasteiger partial charge on any atom is -0.312 e. The predicted molar refractivity (Wildman–Crippen MR) is 117 cm³/mol. The second-order valence-corrected chi connectivity index (χ2v) is 8.43. The maximum Gasteiger partial charge on any atom is 0.282 e. The highest BCUT2D eigenvalue weighted by atomic mass is 35.5. The number of halogens is 1. The molecule has 158 valence electrons. The normalized spacial score (nSPS) is 15.9. The Bertz CT molecular complexity index is 1200. The maximum atomic E-state index is 12.5. The van der Waals surface area contributed by atoms with Gasteiger partial charge in [0.05, 0.1) is 4.92 Å². The lowest BCUT2D eigenvalue weighted by Gasteiger charge is -2.17. The molecule has 2 amide bonds. The Morgan fingerprint density at radius 3 is 2.81 bits per heavy atom. The Morgan fingerprint density at radius 1 is 1.29 bits per heavy atom. The Labute approximate surface area is 185 Å². The molecule has 31 heavy (non-hydrogen) atoms. The van der Waals surface area contributed by atoms with Gasteiger partial charge in [0.1, 0.15) is 10.6 Å². The van der Waals surface area contributed by atoms with Crippen LogP contribution in [0.1, 0.15) is 33.3 Å². The summed E-state index contributed by atoms with van der Waals surface area (Å²) in [5.41, 5.74) is 1.29. The van der Waals surface area contributed by atoms with Gasteiger partial charge in [-0.05, 0) is 30.7 Å². The maximum absolute atomic E-state index is 12.5. The van der Waals surface area contributed by atoms with Gasteiger partial charge < -0.3 is 4.90 Å². The van der Waals surface area contributed by atoms with Gasteiger partial charge in [0, 0.05) is 35.7 Å². The molecule has 4 rings (SSSR count). The van der Waals surface area contributed by atoms with Gasteiger partial charge in [-0.2, -0.15) is 0 Å². The summed E-state index contributed by atoms with van der Waals surface area (Å²) in [5, 5.41) is 23.2. The van der Waals surface area contributed by atoms with Gasteiger partial charge in [-0.15, -0.1) is 10.2 Å². The monoisotopic (exact) mass is 457 g/mol. The van der Waals surface area contributed by atoms with Gasteiger partial charge in [-0.25, -0.2) is 0 Å². The van der Waals surface area contributed by atoms with Crippen molar-refractivity contribution in [1.82, 2.24) is 10.2 Å². The number of nitrogens with one attached hydrogen (secondary N) is 1. The number of nitrogens with zero attached hydrogens (tertiary/aromatic N) is 4. The molecule has 1 unspecified atom stereocenters. The first kappa shape index (κ1) is 20.9. The van der Waals surface area contributed by atoms with E-state index >= 15 is 0 Å². The number of aromatic nitrogens is 2.